The topological polar surface area (TPSA) is 68.7 Å². The molecule has 3 unspecified atom stereocenters. The molecule has 1 amide bonds. The Bertz CT molecular complexity index is 1350. The van der Waals surface area contributed by atoms with Crippen LogP contribution < -0.4 is 4.74 Å². The molecule has 1 fully saturated rings. The number of likely N-dealkylation sites (tertiary alicyclic amines) is 1. The number of amides is 1. The first kappa shape index (κ1) is 30.9. The van der Waals surface area contributed by atoms with Crippen LogP contribution in [0.1, 0.15) is 64.2 Å². The van der Waals surface area contributed by atoms with E-state index < -0.39 is 11.2 Å². The van der Waals surface area contributed by atoms with Crippen molar-refractivity contribution in [1.82, 2.24) is 14.8 Å². The lowest BCUT2D eigenvalue weighted by atomic mass is 9.84. The fourth-order valence-corrected chi connectivity index (χ4v) is 7.19. The standard InChI is InChI=1S/C30H33Cl2N3O3S.ClH/c1-34-28(24-8-7-21(38-2)18-25(24)30(34)36)22(20-6-9-26(31)27(32)17-20)12-16-35-14-10-19(11-15-35)23-5-4-13-33-29(23)39(3)37;/h4-9,13,17-19,22,28H,10-12,14-16H2,1-3H3;1H. The van der Waals surface area contributed by atoms with E-state index >= 15 is 0 Å². The van der Waals surface area contributed by atoms with Crippen molar-refractivity contribution in [2.24, 2.45) is 0 Å². The third-order valence-electron chi connectivity index (χ3n) is 8.16. The SMILES string of the molecule is COc1ccc2c(c1)C(=O)N(C)C2C(CCN1CCC(c2cccnc2[S+](C)[O-])CC1)c1ccc(Cl)c(Cl)c1.Cl. The highest BCUT2D eigenvalue weighted by Crippen LogP contribution is 2.46. The molecule has 5 rings (SSSR count). The summed E-state index contributed by atoms with van der Waals surface area (Å²) in [7, 11) is 3.49. The van der Waals surface area contributed by atoms with Crippen molar-refractivity contribution in [2.75, 3.05) is 40.0 Å². The van der Waals surface area contributed by atoms with Gasteiger partial charge >= 0.3 is 0 Å². The molecule has 0 saturated carbocycles. The monoisotopic (exact) mass is 621 g/mol. The van der Waals surface area contributed by atoms with E-state index in [1.807, 2.05) is 54.4 Å². The summed E-state index contributed by atoms with van der Waals surface area (Å²) in [4.78, 5) is 22.0. The maximum absolute atomic E-state index is 13.3. The lowest BCUT2D eigenvalue weighted by Crippen LogP contribution is -2.36. The lowest BCUT2D eigenvalue weighted by molar-refractivity contribution is 0.0746. The van der Waals surface area contributed by atoms with Crippen molar-refractivity contribution in [3.8, 4) is 5.75 Å². The number of methoxy groups -OCH3 is 1. The Kier molecular flexibility index (Phi) is 10.3. The molecule has 214 valence electrons. The number of benzene rings is 2. The van der Waals surface area contributed by atoms with Crippen LogP contribution in [0.2, 0.25) is 10.0 Å². The zero-order chi connectivity index (χ0) is 27.7. The van der Waals surface area contributed by atoms with Crippen LogP contribution in [-0.4, -0.2) is 65.3 Å². The van der Waals surface area contributed by atoms with Gasteiger partial charge in [0, 0.05) is 41.5 Å². The maximum Gasteiger partial charge on any atom is 0.254 e. The Morgan fingerprint density at radius 3 is 2.52 bits per heavy atom. The summed E-state index contributed by atoms with van der Waals surface area (Å²) in [5.74, 6) is 1.07. The van der Waals surface area contributed by atoms with Gasteiger partial charge in [0.05, 0.1) is 23.2 Å². The molecule has 1 saturated heterocycles. The number of carbonyl (C=O) groups is 1. The fourth-order valence-electron chi connectivity index (χ4n) is 6.11. The van der Waals surface area contributed by atoms with Crippen LogP contribution in [0.3, 0.4) is 0 Å². The molecule has 0 N–H and O–H groups in total. The second-order valence-corrected chi connectivity index (χ2v) is 12.5. The Morgan fingerprint density at radius 2 is 1.85 bits per heavy atom. The van der Waals surface area contributed by atoms with Crippen LogP contribution in [0.15, 0.2) is 59.8 Å². The Hall–Kier alpha value is -2.00. The van der Waals surface area contributed by atoms with Gasteiger partial charge in [0.2, 0.25) is 5.03 Å². The molecule has 0 radical (unpaired) electrons. The van der Waals surface area contributed by atoms with E-state index in [1.165, 1.54) is 0 Å². The fraction of sp³-hybridized carbons (Fsp3) is 0.400. The summed E-state index contributed by atoms with van der Waals surface area (Å²) < 4.78 is 17.6. The zero-order valence-electron chi connectivity index (χ0n) is 22.8. The molecule has 3 aromatic rings. The third-order valence-corrected chi connectivity index (χ3v) is 9.78. The number of likely N-dealkylation sites (N-methyl/N-ethyl adjacent to an activating group) is 1. The Morgan fingerprint density at radius 1 is 1.10 bits per heavy atom. The first-order valence-electron chi connectivity index (χ1n) is 13.2. The number of hydrogen-bond acceptors (Lipinski definition) is 5. The number of hydrogen-bond donors (Lipinski definition) is 0. The summed E-state index contributed by atoms with van der Waals surface area (Å²) in [6, 6.07) is 15.5. The number of nitrogens with zero attached hydrogens (tertiary/aromatic N) is 3. The van der Waals surface area contributed by atoms with Crippen molar-refractivity contribution in [3.05, 3.63) is 87.0 Å². The minimum absolute atomic E-state index is 0. The van der Waals surface area contributed by atoms with Crippen molar-refractivity contribution >= 4 is 52.7 Å². The van der Waals surface area contributed by atoms with Crippen LogP contribution in [0.5, 0.6) is 5.75 Å². The lowest BCUT2D eigenvalue weighted by Gasteiger charge is -2.35. The Balaban J connectivity index is 0.00000370. The van der Waals surface area contributed by atoms with Gasteiger partial charge in [0.15, 0.2) is 0 Å². The van der Waals surface area contributed by atoms with Gasteiger partial charge in [-0.2, -0.15) is 0 Å². The molecular weight excluding hydrogens is 589 g/mol. The number of fused-ring (bicyclic) bond motifs is 1. The summed E-state index contributed by atoms with van der Waals surface area (Å²) in [5, 5.41) is 1.74. The van der Waals surface area contributed by atoms with Crippen LogP contribution >= 0.6 is 35.6 Å². The second kappa shape index (κ2) is 13.3. The number of halogens is 3. The number of ether oxygens (including phenoxy) is 1. The molecule has 0 bridgehead atoms. The minimum Gasteiger partial charge on any atom is -0.610 e. The highest BCUT2D eigenvalue weighted by molar-refractivity contribution is 7.90. The highest BCUT2D eigenvalue weighted by atomic mass is 35.5. The average Bonchev–Trinajstić information content (AvgIpc) is 3.20. The van der Waals surface area contributed by atoms with E-state index in [9.17, 15) is 9.35 Å². The van der Waals surface area contributed by atoms with Gasteiger partial charge < -0.3 is 19.1 Å². The molecule has 2 aromatic carbocycles. The predicted molar refractivity (Wildman–Crippen MR) is 164 cm³/mol. The van der Waals surface area contributed by atoms with Gasteiger partial charge in [0.1, 0.15) is 12.0 Å². The van der Waals surface area contributed by atoms with Crippen LogP contribution in [0.25, 0.3) is 0 Å². The number of aromatic nitrogens is 1. The minimum atomic E-state index is -1.10. The average molecular weight is 623 g/mol. The van der Waals surface area contributed by atoms with Crippen LogP contribution in [0, 0.1) is 0 Å². The van der Waals surface area contributed by atoms with Gasteiger partial charge in [-0.25, -0.2) is 4.98 Å². The zero-order valence-corrected chi connectivity index (χ0v) is 26.0. The van der Waals surface area contributed by atoms with E-state index in [-0.39, 0.29) is 30.3 Å². The van der Waals surface area contributed by atoms with E-state index in [1.54, 1.807) is 19.6 Å². The molecule has 6 nitrogen and oxygen atoms in total. The summed E-state index contributed by atoms with van der Waals surface area (Å²) in [5.41, 5.74) is 3.88. The molecular formula is C30H34Cl3N3O3S. The predicted octanol–water partition coefficient (Wildman–Crippen LogP) is 6.74. The molecule has 3 atom stereocenters. The van der Waals surface area contributed by atoms with E-state index in [2.05, 4.69) is 16.0 Å². The van der Waals surface area contributed by atoms with Crippen molar-refractivity contribution < 1.29 is 14.1 Å². The Labute approximate surface area is 255 Å². The summed E-state index contributed by atoms with van der Waals surface area (Å²) in [6.07, 6.45) is 6.27. The smallest absolute Gasteiger partial charge is 0.254 e. The molecule has 0 spiro atoms. The van der Waals surface area contributed by atoms with E-state index in [0.717, 1.165) is 55.6 Å². The molecule has 1 aromatic heterocycles. The van der Waals surface area contributed by atoms with Crippen molar-refractivity contribution in [3.63, 3.8) is 0 Å². The van der Waals surface area contributed by atoms with Gasteiger partial charge in [-0.15, -0.1) is 12.4 Å². The van der Waals surface area contributed by atoms with Gasteiger partial charge in [0.25, 0.3) is 5.91 Å². The molecule has 2 aliphatic rings. The molecule has 40 heavy (non-hydrogen) atoms. The first-order valence-corrected chi connectivity index (χ1v) is 15.5. The van der Waals surface area contributed by atoms with Crippen LogP contribution in [-0.2, 0) is 11.2 Å². The largest absolute Gasteiger partial charge is 0.610 e. The number of carbonyl (C=O) groups excluding carboxylic acids is 1. The highest BCUT2D eigenvalue weighted by Gasteiger charge is 2.40. The van der Waals surface area contributed by atoms with E-state index in [4.69, 9.17) is 27.9 Å². The van der Waals surface area contributed by atoms with Crippen LogP contribution in [0.4, 0.5) is 0 Å². The molecule has 10 heteroatoms. The summed E-state index contributed by atoms with van der Waals surface area (Å²) in [6.45, 7) is 2.80. The normalized spacial score (nSPS) is 19.2. The quantitative estimate of drug-likeness (QED) is 0.261. The van der Waals surface area contributed by atoms with Gasteiger partial charge in [-0.05, 0) is 86.3 Å². The third kappa shape index (κ3) is 6.25. The molecule has 0 aliphatic carbocycles. The number of pyridine rings is 1. The first-order chi connectivity index (χ1) is 18.8. The van der Waals surface area contributed by atoms with Crippen molar-refractivity contribution in [2.45, 2.75) is 42.2 Å². The van der Waals surface area contributed by atoms with Crippen molar-refractivity contribution in [1.29, 1.82) is 0 Å². The van der Waals surface area contributed by atoms with Gasteiger partial charge in [-0.1, -0.05) is 41.4 Å². The van der Waals surface area contributed by atoms with E-state index in [0.29, 0.717) is 32.3 Å². The number of rotatable bonds is 8. The summed E-state index contributed by atoms with van der Waals surface area (Å²) >= 11 is 11.6. The second-order valence-electron chi connectivity index (χ2n) is 10.4. The van der Waals surface area contributed by atoms with Gasteiger partial charge in [-0.3, -0.25) is 4.79 Å². The molecule has 3 heterocycles. The maximum atomic E-state index is 13.3. The molecule has 2 aliphatic heterocycles. The number of piperidine rings is 1.